The third kappa shape index (κ3) is 6.59. The highest BCUT2D eigenvalue weighted by atomic mass is 16.5. The molecule has 0 aromatic carbocycles. The van der Waals surface area contributed by atoms with Gasteiger partial charge in [-0.3, -0.25) is 9.59 Å². The van der Waals surface area contributed by atoms with Crippen molar-refractivity contribution < 1.29 is 14.3 Å². The standard InChI is InChI=1S/C13H26N2O3/c1-7-15(8-2)12(17)10(3)14-11(16)9-18-13(4,5)6/h10H,7-9H2,1-6H3,(H,14,16). The number of carbonyl (C=O) groups excluding carboxylic acids is 2. The van der Waals surface area contributed by atoms with Crippen molar-refractivity contribution in [1.82, 2.24) is 10.2 Å². The van der Waals surface area contributed by atoms with E-state index in [9.17, 15) is 9.59 Å². The Morgan fingerprint density at radius 3 is 2.11 bits per heavy atom. The molecule has 18 heavy (non-hydrogen) atoms. The van der Waals surface area contributed by atoms with Crippen LogP contribution in [0.5, 0.6) is 0 Å². The predicted molar refractivity (Wildman–Crippen MR) is 71.2 cm³/mol. The Balaban J connectivity index is 4.19. The molecule has 0 saturated heterocycles. The lowest BCUT2D eigenvalue weighted by Crippen LogP contribution is -2.48. The Kier molecular flexibility index (Phi) is 6.91. The van der Waals surface area contributed by atoms with Gasteiger partial charge in [0.05, 0.1) is 5.60 Å². The summed E-state index contributed by atoms with van der Waals surface area (Å²) < 4.78 is 5.35. The molecule has 0 saturated carbocycles. The van der Waals surface area contributed by atoms with Crippen molar-refractivity contribution in [3.8, 4) is 0 Å². The molecule has 0 spiro atoms. The van der Waals surface area contributed by atoms with Gasteiger partial charge in [0.1, 0.15) is 12.6 Å². The molecule has 5 heteroatoms. The highest BCUT2D eigenvalue weighted by Crippen LogP contribution is 2.05. The van der Waals surface area contributed by atoms with Gasteiger partial charge in [0.25, 0.3) is 0 Å². The summed E-state index contributed by atoms with van der Waals surface area (Å²) in [4.78, 5) is 25.2. The summed E-state index contributed by atoms with van der Waals surface area (Å²) in [5, 5.41) is 2.65. The van der Waals surface area contributed by atoms with Crippen LogP contribution >= 0.6 is 0 Å². The summed E-state index contributed by atoms with van der Waals surface area (Å²) in [6.45, 7) is 12.4. The molecular formula is C13H26N2O3. The number of likely N-dealkylation sites (N-methyl/N-ethyl adjacent to an activating group) is 1. The van der Waals surface area contributed by atoms with Crippen molar-refractivity contribution in [2.45, 2.75) is 53.2 Å². The van der Waals surface area contributed by atoms with E-state index in [1.54, 1.807) is 11.8 Å². The summed E-state index contributed by atoms with van der Waals surface area (Å²) in [5.41, 5.74) is -0.358. The molecule has 0 bridgehead atoms. The van der Waals surface area contributed by atoms with Crippen LogP contribution in [-0.4, -0.2) is 48.1 Å². The van der Waals surface area contributed by atoms with Gasteiger partial charge >= 0.3 is 0 Å². The monoisotopic (exact) mass is 258 g/mol. The average Bonchev–Trinajstić information content (AvgIpc) is 2.27. The maximum Gasteiger partial charge on any atom is 0.246 e. The predicted octanol–water partition coefficient (Wildman–Crippen LogP) is 1.17. The minimum atomic E-state index is -0.513. The molecule has 1 unspecified atom stereocenters. The molecule has 0 rings (SSSR count). The topological polar surface area (TPSA) is 58.6 Å². The van der Waals surface area contributed by atoms with E-state index in [0.717, 1.165) is 0 Å². The molecule has 0 heterocycles. The summed E-state index contributed by atoms with van der Waals surface area (Å²) in [7, 11) is 0. The number of nitrogens with one attached hydrogen (secondary N) is 1. The second-order valence-electron chi connectivity index (χ2n) is 5.20. The Morgan fingerprint density at radius 1 is 1.22 bits per heavy atom. The molecule has 0 aliphatic carbocycles. The zero-order valence-corrected chi connectivity index (χ0v) is 12.4. The number of amides is 2. The number of ether oxygens (including phenoxy) is 1. The maximum absolute atomic E-state index is 11.9. The fourth-order valence-corrected chi connectivity index (χ4v) is 1.44. The molecule has 1 atom stereocenters. The fraction of sp³-hybridized carbons (Fsp3) is 0.846. The minimum absolute atomic E-state index is 0.0284. The van der Waals surface area contributed by atoms with Crippen LogP contribution in [0.1, 0.15) is 41.5 Å². The Labute approximate surface area is 110 Å². The van der Waals surface area contributed by atoms with E-state index < -0.39 is 6.04 Å². The molecule has 106 valence electrons. The SMILES string of the molecule is CCN(CC)C(=O)C(C)NC(=O)COC(C)(C)C. The first kappa shape index (κ1) is 16.9. The van der Waals surface area contributed by atoms with Crippen molar-refractivity contribution in [2.24, 2.45) is 0 Å². The number of hydrogen-bond donors (Lipinski definition) is 1. The Hall–Kier alpha value is -1.10. The van der Waals surface area contributed by atoms with Gasteiger partial charge in [-0.2, -0.15) is 0 Å². The van der Waals surface area contributed by atoms with Crippen LogP contribution in [0.4, 0.5) is 0 Å². The second-order valence-corrected chi connectivity index (χ2v) is 5.20. The lowest BCUT2D eigenvalue weighted by Gasteiger charge is -2.24. The van der Waals surface area contributed by atoms with Crippen LogP contribution in [0.25, 0.3) is 0 Å². The minimum Gasteiger partial charge on any atom is -0.366 e. The highest BCUT2D eigenvalue weighted by Gasteiger charge is 2.20. The zero-order chi connectivity index (χ0) is 14.3. The summed E-state index contributed by atoms with van der Waals surface area (Å²) in [5.74, 6) is -0.331. The van der Waals surface area contributed by atoms with E-state index in [-0.39, 0.29) is 24.0 Å². The first-order valence-corrected chi connectivity index (χ1v) is 6.43. The summed E-state index contributed by atoms with van der Waals surface area (Å²) in [6.07, 6.45) is 0. The van der Waals surface area contributed by atoms with Crippen molar-refractivity contribution in [3.05, 3.63) is 0 Å². The number of carbonyl (C=O) groups is 2. The molecule has 0 aliphatic rings. The molecule has 0 radical (unpaired) electrons. The van der Waals surface area contributed by atoms with Crippen LogP contribution in [0.3, 0.4) is 0 Å². The smallest absolute Gasteiger partial charge is 0.246 e. The molecule has 0 aromatic heterocycles. The lowest BCUT2D eigenvalue weighted by molar-refractivity contribution is -0.138. The molecule has 1 N–H and O–H groups in total. The van der Waals surface area contributed by atoms with E-state index in [2.05, 4.69) is 5.32 Å². The van der Waals surface area contributed by atoms with Crippen molar-refractivity contribution >= 4 is 11.8 Å². The van der Waals surface area contributed by atoms with Gasteiger partial charge in [0, 0.05) is 13.1 Å². The largest absolute Gasteiger partial charge is 0.366 e. The van der Waals surface area contributed by atoms with Crippen LogP contribution in [-0.2, 0) is 14.3 Å². The van der Waals surface area contributed by atoms with Crippen LogP contribution in [0.15, 0.2) is 0 Å². The Bertz CT molecular complexity index is 280. The van der Waals surface area contributed by atoms with Gasteiger partial charge in [-0.15, -0.1) is 0 Å². The maximum atomic E-state index is 11.9. The third-order valence-corrected chi connectivity index (χ3v) is 2.46. The quantitative estimate of drug-likeness (QED) is 0.778. The second kappa shape index (κ2) is 7.36. The molecule has 0 aromatic rings. The zero-order valence-electron chi connectivity index (χ0n) is 12.4. The summed E-state index contributed by atoms with van der Waals surface area (Å²) in [6, 6.07) is -0.513. The van der Waals surface area contributed by atoms with Gasteiger partial charge in [0.2, 0.25) is 11.8 Å². The van der Waals surface area contributed by atoms with Crippen LogP contribution in [0, 0.1) is 0 Å². The molecule has 0 aliphatic heterocycles. The van der Waals surface area contributed by atoms with E-state index in [4.69, 9.17) is 4.74 Å². The highest BCUT2D eigenvalue weighted by molar-refractivity contribution is 5.87. The van der Waals surface area contributed by atoms with E-state index in [0.29, 0.717) is 13.1 Å². The number of rotatable bonds is 6. The van der Waals surface area contributed by atoms with Crippen LogP contribution in [0.2, 0.25) is 0 Å². The van der Waals surface area contributed by atoms with Gasteiger partial charge in [-0.25, -0.2) is 0 Å². The van der Waals surface area contributed by atoms with E-state index in [1.807, 2.05) is 34.6 Å². The van der Waals surface area contributed by atoms with Gasteiger partial charge in [0.15, 0.2) is 0 Å². The van der Waals surface area contributed by atoms with Gasteiger partial charge < -0.3 is 15.0 Å². The molecular weight excluding hydrogens is 232 g/mol. The summed E-state index contributed by atoms with van der Waals surface area (Å²) >= 11 is 0. The normalized spacial score (nSPS) is 13.0. The van der Waals surface area contributed by atoms with Gasteiger partial charge in [-0.05, 0) is 41.5 Å². The van der Waals surface area contributed by atoms with E-state index in [1.165, 1.54) is 0 Å². The van der Waals surface area contributed by atoms with Gasteiger partial charge in [-0.1, -0.05) is 0 Å². The molecule has 0 fully saturated rings. The third-order valence-electron chi connectivity index (χ3n) is 2.46. The van der Waals surface area contributed by atoms with Crippen molar-refractivity contribution in [2.75, 3.05) is 19.7 Å². The van der Waals surface area contributed by atoms with Crippen molar-refractivity contribution in [1.29, 1.82) is 0 Å². The lowest BCUT2D eigenvalue weighted by atomic mass is 10.2. The van der Waals surface area contributed by atoms with Crippen molar-refractivity contribution in [3.63, 3.8) is 0 Å². The Morgan fingerprint density at radius 2 is 1.72 bits per heavy atom. The average molecular weight is 258 g/mol. The first-order chi connectivity index (χ1) is 8.21. The molecule has 5 nitrogen and oxygen atoms in total. The first-order valence-electron chi connectivity index (χ1n) is 6.43. The molecule has 2 amide bonds. The number of nitrogens with zero attached hydrogens (tertiary/aromatic N) is 1. The van der Waals surface area contributed by atoms with Crippen LogP contribution < -0.4 is 5.32 Å². The van der Waals surface area contributed by atoms with E-state index >= 15 is 0 Å². The fourth-order valence-electron chi connectivity index (χ4n) is 1.44. The number of hydrogen-bond acceptors (Lipinski definition) is 3.